The highest BCUT2D eigenvalue weighted by Gasteiger charge is 2.23. The van der Waals surface area contributed by atoms with E-state index in [1.807, 2.05) is 24.3 Å². The molecule has 0 atom stereocenters. The number of rotatable bonds is 0. The summed E-state index contributed by atoms with van der Waals surface area (Å²) in [4.78, 5) is 8.74. The van der Waals surface area contributed by atoms with Crippen LogP contribution in [0.4, 0.5) is 0 Å². The van der Waals surface area contributed by atoms with Gasteiger partial charge in [-0.2, -0.15) is 0 Å². The van der Waals surface area contributed by atoms with Crippen molar-refractivity contribution in [3.63, 3.8) is 0 Å². The number of nitrogens with zero attached hydrogens (tertiary/aromatic N) is 2. The highest BCUT2D eigenvalue weighted by Crippen LogP contribution is 2.43. The van der Waals surface area contributed by atoms with Gasteiger partial charge in [0.1, 0.15) is 0 Å². The van der Waals surface area contributed by atoms with Crippen LogP contribution in [0.15, 0.2) is 30.5 Å². The van der Waals surface area contributed by atoms with E-state index in [2.05, 4.69) is 57.8 Å². The first kappa shape index (κ1) is 10.5. The number of aromatic nitrogens is 2. The van der Waals surface area contributed by atoms with E-state index < -0.39 is 2.14 Å². The first-order valence-corrected chi connectivity index (χ1v) is 6.24. The van der Waals surface area contributed by atoms with Gasteiger partial charge in [-0.15, -0.1) is 0 Å². The number of halogens is 3. The maximum absolute atomic E-state index is 4.44. The van der Waals surface area contributed by atoms with Crippen LogP contribution >= 0.6 is 47.8 Å². The van der Waals surface area contributed by atoms with Crippen molar-refractivity contribution in [3.8, 4) is 0 Å². The van der Waals surface area contributed by atoms with Gasteiger partial charge in [-0.1, -0.05) is 59.9 Å². The number of alkyl halides is 3. The molecule has 14 heavy (non-hydrogen) atoms. The predicted octanol–water partition coefficient (Wildman–Crippen LogP) is 3.92. The van der Waals surface area contributed by atoms with Crippen molar-refractivity contribution in [2.75, 3.05) is 0 Å². The highest BCUT2D eigenvalue weighted by atomic mass is 80.0. The summed E-state index contributed by atoms with van der Waals surface area (Å²) in [5.41, 5.74) is 2.57. The molecule has 0 saturated heterocycles. The van der Waals surface area contributed by atoms with Crippen LogP contribution < -0.4 is 0 Å². The minimum absolute atomic E-state index is 0.496. The number of para-hydroxylation sites is 2. The molecule has 0 aliphatic rings. The molecule has 1 aromatic carbocycles. The fourth-order valence-electron chi connectivity index (χ4n) is 1.09. The Hall–Kier alpha value is 0.000000000000000167. The topological polar surface area (TPSA) is 25.8 Å². The van der Waals surface area contributed by atoms with Gasteiger partial charge in [0, 0.05) is 0 Å². The number of hydrogen-bond acceptors (Lipinski definition) is 2. The van der Waals surface area contributed by atoms with Gasteiger partial charge in [-0.25, -0.2) is 4.98 Å². The van der Waals surface area contributed by atoms with Gasteiger partial charge in [-0.05, 0) is 12.1 Å². The zero-order chi connectivity index (χ0) is 10.2. The van der Waals surface area contributed by atoms with E-state index >= 15 is 0 Å². The highest BCUT2D eigenvalue weighted by molar-refractivity contribution is 9.38. The third-order valence-electron chi connectivity index (χ3n) is 1.74. The van der Waals surface area contributed by atoms with Crippen LogP contribution in [0.5, 0.6) is 0 Å². The van der Waals surface area contributed by atoms with E-state index in [0.717, 1.165) is 16.7 Å². The molecule has 1 heterocycles. The van der Waals surface area contributed by atoms with Crippen LogP contribution in [-0.2, 0) is 2.14 Å². The molecule has 72 valence electrons. The van der Waals surface area contributed by atoms with Crippen molar-refractivity contribution in [3.05, 3.63) is 36.2 Å². The van der Waals surface area contributed by atoms with Gasteiger partial charge in [-0.3, -0.25) is 4.98 Å². The standard InChI is InChI=1S/C9H5Br3N2/c10-9(11,12)8-5-13-6-3-1-2-4-7(6)14-8/h1-5H. The Morgan fingerprint density at radius 3 is 2.29 bits per heavy atom. The summed E-state index contributed by atoms with van der Waals surface area (Å²) in [6.45, 7) is 0. The van der Waals surface area contributed by atoms with E-state index in [0.29, 0.717) is 0 Å². The Morgan fingerprint density at radius 2 is 1.64 bits per heavy atom. The van der Waals surface area contributed by atoms with Crippen molar-refractivity contribution < 1.29 is 0 Å². The van der Waals surface area contributed by atoms with Crippen molar-refractivity contribution in [2.24, 2.45) is 0 Å². The molecule has 0 fully saturated rings. The normalized spacial score (nSPS) is 11.9. The van der Waals surface area contributed by atoms with Gasteiger partial charge in [0.25, 0.3) is 0 Å². The molecule has 0 aliphatic carbocycles. The van der Waals surface area contributed by atoms with Crippen LogP contribution in [-0.4, -0.2) is 9.97 Å². The zero-order valence-corrected chi connectivity index (χ0v) is 11.7. The predicted molar refractivity (Wildman–Crippen MR) is 68.0 cm³/mol. The van der Waals surface area contributed by atoms with Gasteiger partial charge >= 0.3 is 0 Å². The molecule has 0 saturated carbocycles. The Balaban J connectivity index is 2.63. The number of hydrogen-bond donors (Lipinski definition) is 0. The summed E-state index contributed by atoms with van der Waals surface area (Å²) in [7, 11) is 0. The summed E-state index contributed by atoms with van der Waals surface area (Å²) in [5.74, 6) is 0. The average Bonchev–Trinajstić information content (AvgIpc) is 2.16. The molecule has 0 radical (unpaired) electrons. The fourth-order valence-corrected chi connectivity index (χ4v) is 1.67. The van der Waals surface area contributed by atoms with Gasteiger partial charge in [0.05, 0.1) is 22.9 Å². The summed E-state index contributed by atoms with van der Waals surface area (Å²) >= 11 is 10.2. The molecule has 0 unspecified atom stereocenters. The molecule has 0 N–H and O–H groups in total. The molecule has 5 heteroatoms. The summed E-state index contributed by atoms with van der Waals surface area (Å²) in [6.07, 6.45) is 1.72. The second kappa shape index (κ2) is 3.87. The number of fused-ring (bicyclic) bond motifs is 1. The van der Waals surface area contributed by atoms with Gasteiger partial charge < -0.3 is 0 Å². The SMILES string of the molecule is BrC(Br)(Br)c1cnc2ccccc2n1. The summed E-state index contributed by atoms with van der Waals surface area (Å²) in [6, 6.07) is 7.76. The second-order valence-electron chi connectivity index (χ2n) is 2.74. The van der Waals surface area contributed by atoms with E-state index in [-0.39, 0.29) is 0 Å². The Morgan fingerprint density at radius 1 is 1.00 bits per heavy atom. The van der Waals surface area contributed by atoms with Crippen molar-refractivity contribution in [2.45, 2.75) is 2.14 Å². The third kappa shape index (κ3) is 2.15. The minimum atomic E-state index is -0.496. The van der Waals surface area contributed by atoms with Crippen LogP contribution in [0.2, 0.25) is 0 Å². The van der Waals surface area contributed by atoms with E-state index in [4.69, 9.17) is 0 Å². The van der Waals surface area contributed by atoms with Crippen molar-refractivity contribution in [1.82, 2.24) is 9.97 Å². The van der Waals surface area contributed by atoms with E-state index in [1.165, 1.54) is 0 Å². The lowest BCUT2D eigenvalue weighted by Gasteiger charge is -2.10. The number of benzene rings is 1. The average molecular weight is 381 g/mol. The smallest absolute Gasteiger partial charge is 0.178 e. The zero-order valence-electron chi connectivity index (χ0n) is 6.92. The largest absolute Gasteiger partial charge is 0.253 e. The molecular weight excluding hydrogens is 376 g/mol. The lowest BCUT2D eigenvalue weighted by atomic mass is 10.3. The molecule has 2 nitrogen and oxygen atoms in total. The Kier molecular flexibility index (Phi) is 2.91. The quantitative estimate of drug-likeness (QED) is 0.647. The molecule has 2 rings (SSSR count). The van der Waals surface area contributed by atoms with Crippen LogP contribution in [0.1, 0.15) is 5.69 Å². The second-order valence-corrected chi connectivity index (χ2v) is 9.50. The van der Waals surface area contributed by atoms with Gasteiger partial charge in [0.15, 0.2) is 2.14 Å². The van der Waals surface area contributed by atoms with Crippen molar-refractivity contribution in [1.29, 1.82) is 0 Å². The lowest BCUT2D eigenvalue weighted by molar-refractivity contribution is 1.14. The molecule has 1 aromatic heterocycles. The van der Waals surface area contributed by atoms with Crippen LogP contribution in [0.3, 0.4) is 0 Å². The Bertz CT molecular complexity index is 465. The van der Waals surface area contributed by atoms with Crippen molar-refractivity contribution >= 4 is 58.8 Å². The van der Waals surface area contributed by atoms with Crippen LogP contribution in [0.25, 0.3) is 11.0 Å². The summed E-state index contributed by atoms with van der Waals surface area (Å²) in [5, 5.41) is 0. The monoisotopic (exact) mass is 378 g/mol. The maximum atomic E-state index is 4.44. The molecular formula is C9H5Br3N2. The molecule has 0 bridgehead atoms. The van der Waals surface area contributed by atoms with Crippen LogP contribution in [0, 0.1) is 0 Å². The Labute approximate surface area is 107 Å². The molecule has 0 amide bonds. The first-order chi connectivity index (χ1) is 6.57. The third-order valence-corrected chi connectivity index (χ3v) is 2.96. The molecule has 0 aliphatic heterocycles. The molecule has 2 aromatic rings. The first-order valence-electron chi connectivity index (χ1n) is 3.86. The van der Waals surface area contributed by atoms with E-state index in [1.54, 1.807) is 6.20 Å². The minimum Gasteiger partial charge on any atom is -0.253 e. The lowest BCUT2D eigenvalue weighted by Crippen LogP contribution is -2.02. The maximum Gasteiger partial charge on any atom is 0.178 e. The summed E-state index contributed by atoms with van der Waals surface area (Å²) < 4.78 is -0.496. The molecule has 0 spiro atoms. The fraction of sp³-hybridized carbons (Fsp3) is 0.111. The van der Waals surface area contributed by atoms with E-state index in [9.17, 15) is 0 Å². The van der Waals surface area contributed by atoms with Gasteiger partial charge in [0.2, 0.25) is 0 Å².